The SMILES string of the molecule is COc1ccc(C(=O)Nc2ccccc2OC(C)C)c(N)c1. The first kappa shape index (κ1) is 15.7. The van der Waals surface area contributed by atoms with Gasteiger partial charge >= 0.3 is 0 Å². The predicted octanol–water partition coefficient (Wildman–Crippen LogP) is 3.32. The lowest BCUT2D eigenvalue weighted by Crippen LogP contribution is -2.16. The van der Waals surface area contributed by atoms with E-state index in [9.17, 15) is 4.79 Å². The smallest absolute Gasteiger partial charge is 0.257 e. The Bertz CT molecular complexity index is 669. The molecule has 5 nitrogen and oxygen atoms in total. The van der Waals surface area contributed by atoms with Gasteiger partial charge in [0, 0.05) is 11.8 Å². The molecule has 116 valence electrons. The molecule has 1 amide bonds. The van der Waals surface area contributed by atoms with Crippen molar-refractivity contribution in [1.29, 1.82) is 0 Å². The van der Waals surface area contributed by atoms with Crippen LogP contribution in [0.3, 0.4) is 0 Å². The van der Waals surface area contributed by atoms with Crippen LogP contribution in [0.15, 0.2) is 42.5 Å². The van der Waals surface area contributed by atoms with E-state index in [0.717, 1.165) is 0 Å². The highest BCUT2D eigenvalue weighted by atomic mass is 16.5. The molecule has 0 aliphatic heterocycles. The van der Waals surface area contributed by atoms with Gasteiger partial charge in [-0.15, -0.1) is 0 Å². The largest absolute Gasteiger partial charge is 0.497 e. The molecule has 3 N–H and O–H groups in total. The highest BCUT2D eigenvalue weighted by Crippen LogP contribution is 2.27. The van der Waals surface area contributed by atoms with Crippen molar-refractivity contribution in [2.45, 2.75) is 20.0 Å². The van der Waals surface area contributed by atoms with Crippen LogP contribution in [0.2, 0.25) is 0 Å². The Morgan fingerprint density at radius 1 is 1.18 bits per heavy atom. The van der Waals surface area contributed by atoms with Gasteiger partial charge in [-0.25, -0.2) is 0 Å². The molecule has 0 saturated carbocycles. The zero-order chi connectivity index (χ0) is 16.1. The van der Waals surface area contributed by atoms with Crippen LogP contribution < -0.4 is 20.5 Å². The maximum Gasteiger partial charge on any atom is 0.257 e. The second-order valence-electron chi connectivity index (χ2n) is 5.07. The van der Waals surface area contributed by atoms with Gasteiger partial charge in [-0.3, -0.25) is 4.79 Å². The van der Waals surface area contributed by atoms with Gasteiger partial charge in [0.25, 0.3) is 5.91 Å². The van der Waals surface area contributed by atoms with Crippen LogP contribution in [0.4, 0.5) is 11.4 Å². The summed E-state index contributed by atoms with van der Waals surface area (Å²) in [6.07, 6.45) is 0.0177. The summed E-state index contributed by atoms with van der Waals surface area (Å²) in [7, 11) is 1.55. The predicted molar refractivity (Wildman–Crippen MR) is 87.6 cm³/mol. The van der Waals surface area contributed by atoms with Crippen molar-refractivity contribution < 1.29 is 14.3 Å². The van der Waals surface area contributed by atoms with Crippen LogP contribution >= 0.6 is 0 Å². The molecule has 2 aromatic carbocycles. The Kier molecular flexibility index (Phi) is 4.88. The molecule has 0 aromatic heterocycles. The number of rotatable bonds is 5. The average Bonchev–Trinajstić information content (AvgIpc) is 2.48. The number of ether oxygens (including phenoxy) is 2. The van der Waals surface area contributed by atoms with Gasteiger partial charge in [-0.05, 0) is 38.1 Å². The fourth-order valence-corrected chi connectivity index (χ4v) is 1.99. The van der Waals surface area contributed by atoms with Crippen molar-refractivity contribution in [3.05, 3.63) is 48.0 Å². The first-order valence-electron chi connectivity index (χ1n) is 7.02. The van der Waals surface area contributed by atoms with Crippen LogP contribution in [-0.2, 0) is 0 Å². The number of para-hydroxylation sites is 2. The second kappa shape index (κ2) is 6.85. The van der Waals surface area contributed by atoms with Crippen molar-refractivity contribution >= 4 is 17.3 Å². The highest BCUT2D eigenvalue weighted by Gasteiger charge is 2.13. The van der Waals surface area contributed by atoms with Crippen LogP contribution in [0.1, 0.15) is 24.2 Å². The van der Waals surface area contributed by atoms with E-state index in [0.29, 0.717) is 28.4 Å². The van der Waals surface area contributed by atoms with Gasteiger partial charge < -0.3 is 20.5 Å². The summed E-state index contributed by atoms with van der Waals surface area (Å²) in [5, 5.41) is 2.83. The van der Waals surface area contributed by atoms with Gasteiger partial charge in [0.05, 0.1) is 24.5 Å². The second-order valence-corrected chi connectivity index (χ2v) is 5.07. The third-order valence-corrected chi connectivity index (χ3v) is 3.00. The van der Waals surface area contributed by atoms with E-state index >= 15 is 0 Å². The van der Waals surface area contributed by atoms with E-state index < -0.39 is 0 Å². The summed E-state index contributed by atoms with van der Waals surface area (Å²) in [4.78, 5) is 12.4. The third kappa shape index (κ3) is 3.69. The summed E-state index contributed by atoms with van der Waals surface area (Å²) in [5.74, 6) is 0.940. The molecule has 0 fully saturated rings. The summed E-state index contributed by atoms with van der Waals surface area (Å²) < 4.78 is 10.8. The van der Waals surface area contributed by atoms with E-state index in [1.165, 1.54) is 0 Å². The minimum atomic E-state index is -0.292. The molecule has 0 aliphatic carbocycles. The van der Waals surface area contributed by atoms with Gasteiger partial charge in [-0.2, -0.15) is 0 Å². The highest BCUT2D eigenvalue weighted by molar-refractivity contribution is 6.08. The number of nitrogen functional groups attached to an aromatic ring is 1. The number of nitrogens with one attached hydrogen (secondary N) is 1. The number of methoxy groups -OCH3 is 1. The quantitative estimate of drug-likeness (QED) is 0.831. The van der Waals surface area contributed by atoms with Crippen molar-refractivity contribution in [3.63, 3.8) is 0 Å². The number of anilines is 2. The summed E-state index contributed by atoms with van der Waals surface area (Å²) in [6.45, 7) is 3.86. The lowest BCUT2D eigenvalue weighted by atomic mass is 10.1. The van der Waals surface area contributed by atoms with Gasteiger partial charge in [0.15, 0.2) is 0 Å². The zero-order valence-electron chi connectivity index (χ0n) is 12.9. The van der Waals surface area contributed by atoms with E-state index in [4.69, 9.17) is 15.2 Å². The fraction of sp³-hybridized carbons (Fsp3) is 0.235. The van der Waals surface area contributed by atoms with Crippen LogP contribution in [-0.4, -0.2) is 19.1 Å². The Morgan fingerprint density at radius 3 is 2.55 bits per heavy atom. The molecular formula is C17H20N2O3. The molecule has 2 rings (SSSR count). The monoisotopic (exact) mass is 300 g/mol. The number of benzene rings is 2. The zero-order valence-corrected chi connectivity index (χ0v) is 12.9. The Hall–Kier alpha value is -2.69. The van der Waals surface area contributed by atoms with Gasteiger partial charge in [0.2, 0.25) is 0 Å². The summed E-state index contributed by atoms with van der Waals surface area (Å²) in [5.41, 5.74) is 7.26. The normalized spacial score (nSPS) is 10.4. The van der Waals surface area contributed by atoms with Crippen LogP contribution in [0.25, 0.3) is 0 Å². The molecule has 0 heterocycles. The number of nitrogens with two attached hydrogens (primary N) is 1. The van der Waals surface area contributed by atoms with Gasteiger partial charge in [0.1, 0.15) is 11.5 Å². The fourth-order valence-electron chi connectivity index (χ4n) is 1.99. The van der Waals surface area contributed by atoms with Crippen LogP contribution in [0, 0.1) is 0 Å². The Morgan fingerprint density at radius 2 is 1.91 bits per heavy atom. The van der Waals surface area contributed by atoms with Crippen LogP contribution in [0.5, 0.6) is 11.5 Å². The summed E-state index contributed by atoms with van der Waals surface area (Å²) in [6, 6.07) is 12.2. The number of hydrogen-bond acceptors (Lipinski definition) is 4. The van der Waals surface area contributed by atoms with Crippen molar-refractivity contribution in [2.24, 2.45) is 0 Å². The van der Waals surface area contributed by atoms with E-state index in [2.05, 4.69) is 5.32 Å². The summed E-state index contributed by atoms with van der Waals surface area (Å²) >= 11 is 0. The molecule has 0 unspecified atom stereocenters. The maximum atomic E-state index is 12.4. The number of amides is 1. The van der Waals surface area contributed by atoms with E-state index in [1.807, 2.05) is 32.0 Å². The number of carbonyl (C=O) groups excluding carboxylic acids is 1. The molecule has 0 radical (unpaired) electrons. The number of hydrogen-bond donors (Lipinski definition) is 2. The maximum absolute atomic E-state index is 12.4. The molecule has 5 heteroatoms. The minimum absolute atomic E-state index is 0.0177. The number of carbonyl (C=O) groups is 1. The Labute approximate surface area is 130 Å². The standard InChI is InChI=1S/C17H20N2O3/c1-11(2)22-16-7-5-4-6-15(16)19-17(20)13-9-8-12(21-3)10-14(13)18/h4-11H,18H2,1-3H3,(H,19,20). The minimum Gasteiger partial charge on any atom is -0.497 e. The Balaban J connectivity index is 2.22. The van der Waals surface area contributed by atoms with Crippen molar-refractivity contribution in [2.75, 3.05) is 18.2 Å². The third-order valence-electron chi connectivity index (χ3n) is 3.00. The molecule has 0 saturated heterocycles. The lowest BCUT2D eigenvalue weighted by Gasteiger charge is -2.15. The molecule has 0 spiro atoms. The molecule has 22 heavy (non-hydrogen) atoms. The topological polar surface area (TPSA) is 73.6 Å². The first-order chi connectivity index (χ1) is 10.5. The molecule has 0 bridgehead atoms. The molecule has 0 atom stereocenters. The molecule has 0 aliphatic rings. The lowest BCUT2D eigenvalue weighted by molar-refractivity contribution is 0.102. The molecular weight excluding hydrogens is 280 g/mol. The van der Waals surface area contributed by atoms with E-state index in [-0.39, 0.29) is 12.0 Å². The average molecular weight is 300 g/mol. The molecule has 2 aromatic rings. The first-order valence-corrected chi connectivity index (χ1v) is 7.02. The van der Waals surface area contributed by atoms with E-state index in [1.54, 1.807) is 31.4 Å². The van der Waals surface area contributed by atoms with Gasteiger partial charge in [-0.1, -0.05) is 12.1 Å². The van der Waals surface area contributed by atoms with Crippen molar-refractivity contribution in [3.8, 4) is 11.5 Å². The van der Waals surface area contributed by atoms with Crippen molar-refractivity contribution in [1.82, 2.24) is 0 Å².